The third kappa shape index (κ3) is 2.20. The predicted molar refractivity (Wildman–Crippen MR) is 72.3 cm³/mol. The van der Waals surface area contributed by atoms with E-state index in [9.17, 15) is 9.90 Å². The van der Waals surface area contributed by atoms with Gasteiger partial charge >= 0.3 is 5.97 Å². The fourth-order valence-electron chi connectivity index (χ4n) is 1.73. The highest BCUT2D eigenvalue weighted by molar-refractivity contribution is 9.10. The number of rotatable bonds is 2. The molecule has 1 N–H and O–H groups in total. The number of benzene rings is 2. The van der Waals surface area contributed by atoms with Gasteiger partial charge in [-0.1, -0.05) is 34.1 Å². The summed E-state index contributed by atoms with van der Waals surface area (Å²) < 4.78 is 0.996. The first-order chi connectivity index (χ1) is 7.91. The van der Waals surface area contributed by atoms with E-state index in [1.807, 2.05) is 36.4 Å². The van der Waals surface area contributed by atoms with E-state index in [4.69, 9.17) is 0 Å². The van der Waals surface area contributed by atoms with Crippen LogP contribution in [0.2, 0.25) is 0 Å². The monoisotopic (exact) mass is 292 g/mol. The maximum absolute atomic E-state index is 11.2. The van der Waals surface area contributed by atoms with Crippen molar-refractivity contribution in [2.24, 2.45) is 0 Å². The van der Waals surface area contributed by atoms with Crippen LogP contribution < -0.4 is 0 Å². The summed E-state index contributed by atoms with van der Waals surface area (Å²) in [4.78, 5) is 11.2. The van der Waals surface area contributed by atoms with Crippen molar-refractivity contribution in [3.63, 3.8) is 0 Å². The van der Waals surface area contributed by atoms with E-state index in [-0.39, 0.29) is 0 Å². The summed E-state index contributed by atoms with van der Waals surface area (Å²) in [5.41, 5.74) is -0.0492. The van der Waals surface area contributed by atoms with Crippen molar-refractivity contribution >= 4 is 32.7 Å². The van der Waals surface area contributed by atoms with Gasteiger partial charge in [0.15, 0.2) is 0 Å². The van der Waals surface area contributed by atoms with Gasteiger partial charge < -0.3 is 5.11 Å². The van der Waals surface area contributed by atoms with Crippen molar-refractivity contribution < 1.29 is 9.90 Å². The predicted octanol–water partition coefficient (Wildman–Crippen LogP) is 3.96. The van der Waals surface area contributed by atoms with E-state index in [1.54, 1.807) is 13.8 Å². The molecule has 0 aromatic heterocycles. The van der Waals surface area contributed by atoms with Gasteiger partial charge in [0, 0.05) is 4.47 Å². The Morgan fingerprint density at radius 2 is 1.76 bits per heavy atom. The van der Waals surface area contributed by atoms with E-state index in [2.05, 4.69) is 15.9 Å². The molecule has 2 nitrogen and oxygen atoms in total. The lowest BCUT2D eigenvalue weighted by Gasteiger charge is -2.20. The molecule has 0 amide bonds. The zero-order chi connectivity index (χ0) is 12.6. The lowest BCUT2D eigenvalue weighted by molar-refractivity contribution is -0.142. The van der Waals surface area contributed by atoms with Crippen LogP contribution in [0.25, 0.3) is 10.8 Å². The molecule has 0 radical (unpaired) electrons. The Labute approximate surface area is 108 Å². The van der Waals surface area contributed by atoms with Crippen molar-refractivity contribution in [2.75, 3.05) is 0 Å². The smallest absolute Gasteiger partial charge is 0.313 e. The van der Waals surface area contributed by atoms with Crippen molar-refractivity contribution in [2.45, 2.75) is 19.3 Å². The van der Waals surface area contributed by atoms with Gasteiger partial charge in [0.2, 0.25) is 0 Å². The van der Waals surface area contributed by atoms with Gasteiger partial charge in [0.05, 0.1) is 5.41 Å². The van der Waals surface area contributed by atoms with E-state index >= 15 is 0 Å². The van der Waals surface area contributed by atoms with E-state index < -0.39 is 11.4 Å². The molecule has 3 heteroatoms. The van der Waals surface area contributed by atoms with Gasteiger partial charge in [0.25, 0.3) is 0 Å². The van der Waals surface area contributed by atoms with E-state index in [1.165, 1.54) is 0 Å². The third-order valence-electron chi connectivity index (χ3n) is 3.06. The fraction of sp³-hybridized carbons (Fsp3) is 0.214. The van der Waals surface area contributed by atoms with Crippen molar-refractivity contribution in [1.82, 2.24) is 0 Å². The Hall–Kier alpha value is -1.35. The number of carboxylic acid groups (broad SMARTS) is 1. The van der Waals surface area contributed by atoms with Crippen LogP contribution in [0, 0.1) is 0 Å². The molecule has 17 heavy (non-hydrogen) atoms. The van der Waals surface area contributed by atoms with Crippen LogP contribution in [-0.4, -0.2) is 11.1 Å². The molecular formula is C14H13BrO2. The highest BCUT2D eigenvalue weighted by Gasteiger charge is 2.29. The van der Waals surface area contributed by atoms with Gasteiger partial charge in [-0.05, 0) is 48.4 Å². The summed E-state index contributed by atoms with van der Waals surface area (Å²) in [6.07, 6.45) is 0. The van der Waals surface area contributed by atoms with Crippen LogP contribution in [0.15, 0.2) is 40.9 Å². The van der Waals surface area contributed by atoms with Crippen molar-refractivity contribution in [3.8, 4) is 0 Å². The van der Waals surface area contributed by atoms with Gasteiger partial charge in [-0.2, -0.15) is 0 Å². The summed E-state index contributed by atoms with van der Waals surface area (Å²) in [5, 5.41) is 11.4. The first-order valence-corrected chi connectivity index (χ1v) is 6.14. The van der Waals surface area contributed by atoms with Gasteiger partial charge in [0.1, 0.15) is 0 Å². The van der Waals surface area contributed by atoms with E-state index in [0.717, 1.165) is 20.8 Å². The average molecular weight is 293 g/mol. The standard InChI is InChI=1S/C14H13BrO2/c1-14(2,13(16)17)11-5-3-9-4-6-12(15)8-10(9)7-11/h3-8H,1-2H3,(H,16,17). The van der Waals surface area contributed by atoms with Crippen molar-refractivity contribution in [1.29, 1.82) is 0 Å². The van der Waals surface area contributed by atoms with Crippen LogP contribution in [0.4, 0.5) is 0 Å². The first kappa shape index (κ1) is 12.1. The SMILES string of the molecule is CC(C)(C(=O)O)c1ccc2ccc(Br)cc2c1. The number of fused-ring (bicyclic) bond motifs is 1. The Bertz CT molecular complexity index is 588. The summed E-state index contributed by atoms with van der Waals surface area (Å²) in [6.45, 7) is 3.43. The minimum Gasteiger partial charge on any atom is -0.481 e. The topological polar surface area (TPSA) is 37.3 Å². The van der Waals surface area contributed by atoms with Crippen LogP contribution >= 0.6 is 15.9 Å². The molecular weight excluding hydrogens is 280 g/mol. The number of aliphatic carboxylic acids is 1. The molecule has 0 aliphatic heterocycles. The van der Waals surface area contributed by atoms with Gasteiger partial charge in [-0.25, -0.2) is 0 Å². The summed E-state index contributed by atoms with van der Waals surface area (Å²) in [6, 6.07) is 11.8. The lowest BCUT2D eigenvalue weighted by Crippen LogP contribution is -2.28. The number of halogens is 1. The van der Waals surface area contributed by atoms with Crippen molar-refractivity contribution in [3.05, 3.63) is 46.4 Å². The first-order valence-electron chi connectivity index (χ1n) is 5.34. The minimum absolute atomic E-state index is 0.813. The summed E-state index contributed by atoms with van der Waals surface area (Å²) in [5.74, 6) is -0.813. The number of carbonyl (C=O) groups is 1. The largest absolute Gasteiger partial charge is 0.481 e. The third-order valence-corrected chi connectivity index (χ3v) is 3.55. The Kier molecular flexibility index (Phi) is 2.96. The fourth-order valence-corrected chi connectivity index (χ4v) is 2.11. The molecule has 2 aromatic rings. The molecule has 0 spiro atoms. The maximum atomic E-state index is 11.2. The molecule has 0 aliphatic rings. The van der Waals surface area contributed by atoms with Crippen LogP contribution in [-0.2, 0) is 10.2 Å². The quantitative estimate of drug-likeness (QED) is 0.909. The Morgan fingerprint density at radius 3 is 2.41 bits per heavy atom. The number of carboxylic acids is 1. The zero-order valence-electron chi connectivity index (χ0n) is 9.70. The summed E-state index contributed by atoms with van der Waals surface area (Å²) >= 11 is 3.42. The Balaban J connectivity index is 2.62. The Morgan fingerprint density at radius 1 is 1.12 bits per heavy atom. The lowest BCUT2D eigenvalue weighted by atomic mass is 9.84. The highest BCUT2D eigenvalue weighted by atomic mass is 79.9. The number of hydrogen-bond acceptors (Lipinski definition) is 1. The van der Waals surface area contributed by atoms with Crippen LogP contribution in [0.5, 0.6) is 0 Å². The maximum Gasteiger partial charge on any atom is 0.313 e. The molecule has 0 fully saturated rings. The molecule has 0 bridgehead atoms. The van der Waals surface area contributed by atoms with E-state index in [0.29, 0.717) is 0 Å². The molecule has 0 saturated heterocycles. The van der Waals surface area contributed by atoms with Crippen LogP contribution in [0.3, 0.4) is 0 Å². The normalized spacial score (nSPS) is 11.7. The molecule has 88 valence electrons. The molecule has 0 heterocycles. The highest BCUT2D eigenvalue weighted by Crippen LogP contribution is 2.28. The molecule has 0 atom stereocenters. The second-order valence-electron chi connectivity index (χ2n) is 4.64. The molecule has 0 aliphatic carbocycles. The van der Waals surface area contributed by atoms with Gasteiger partial charge in [-0.3, -0.25) is 4.79 Å². The minimum atomic E-state index is -0.865. The molecule has 0 unspecified atom stereocenters. The second-order valence-corrected chi connectivity index (χ2v) is 5.55. The van der Waals surface area contributed by atoms with Gasteiger partial charge in [-0.15, -0.1) is 0 Å². The molecule has 2 aromatic carbocycles. The molecule has 0 saturated carbocycles. The summed E-state index contributed by atoms with van der Waals surface area (Å²) in [7, 11) is 0. The average Bonchev–Trinajstić information content (AvgIpc) is 2.27. The molecule has 2 rings (SSSR count). The van der Waals surface area contributed by atoms with Crippen LogP contribution in [0.1, 0.15) is 19.4 Å². The second kappa shape index (κ2) is 4.15. The number of hydrogen-bond donors (Lipinski definition) is 1. The zero-order valence-corrected chi connectivity index (χ0v) is 11.3.